The van der Waals surface area contributed by atoms with Crippen LogP contribution in [0.5, 0.6) is 0 Å². The van der Waals surface area contributed by atoms with Crippen LogP contribution < -0.4 is 10.6 Å². The number of nitrogens with one attached hydrogen (secondary N) is 2. The van der Waals surface area contributed by atoms with E-state index in [-0.39, 0.29) is 0 Å². The molecule has 1 aromatic rings. The highest BCUT2D eigenvalue weighted by Crippen LogP contribution is 2.19. The van der Waals surface area contributed by atoms with Crippen molar-refractivity contribution in [1.29, 1.82) is 0 Å². The van der Waals surface area contributed by atoms with Crippen molar-refractivity contribution in [1.82, 2.24) is 5.32 Å². The highest BCUT2D eigenvalue weighted by molar-refractivity contribution is 6.31. The van der Waals surface area contributed by atoms with Crippen molar-refractivity contribution >= 4 is 29.3 Å². The van der Waals surface area contributed by atoms with Crippen molar-refractivity contribution in [3.05, 3.63) is 28.8 Å². The van der Waals surface area contributed by atoms with Gasteiger partial charge in [0.1, 0.15) is 6.04 Å². The first-order chi connectivity index (χ1) is 7.90. The standard InChI is InChI=1S/C11H13ClN2O3/c1-6-3-4-8(5-9(6)12)14-11(17)13-7(2)10(15)16/h3-5,7H,1-2H3,(H,15,16)(H2,13,14,17)/t7-/m1/s1. The van der Waals surface area contributed by atoms with Gasteiger partial charge in [-0.05, 0) is 31.5 Å². The number of carboxylic acid groups (broad SMARTS) is 1. The van der Waals surface area contributed by atoms with Crippen molar-refractivity contribution in [3.8, 4) is 0 Å². The average molecular weight is 257 g/mol. The van der Waals surface area contributed by atoms with Crippen LogP contribution in [0.3, 0.4) is 0 Å². The van der Waals surface area contributed by atoms with Gasteiger partial charge in [0.2, 0.25) is 0 Å². The third kappa shape index (κ3) is 3.96. The number of benzene rings is 1. The number of urea groups is 1. The molecule has 1 rings (SSSR count). The van der Waals surface area contributed by atoms with E-state index in [1.54, 1.807) is 18.2 Å². The van der Waals surface area contributed by atoms with Gasteiger partial charge in [0.25, 0.3) is 0 Å². The molecule has 0 bridgehead atoms. The van der Waals surface area contributed by atoms with Crippen LogP contribution >= 0.6 is 11.6 Å². The molecule has 0 aliphatic heterocycles. The lowest BCUT2D eigenvalue weighted by atomic mass is 10.2. The predicted molar refractivity (Wildman–Crippen MR) is 65.4 cm³/mol. The summed E-state index contributed by atoms with van der Waals surface area (Å²) in [5, 5.41) is 13.9. The molecule has 0 aromatic heterocycles. The van der Waals surface area contributed by atoms with Gasteiger partial charge in [-0.2, -0.15) is 0 Å². The lowest BCUT2D eigenvalue weighted by Gasteiger charge is -2.11. The number of aliphatic carboxylic acids is 1. The molecule has 17 heavy (non-hydrogen) atoms. The minimum Gasteiger partial charge on any atom is -0.480 e. The number of aryl methyl sites for hydroxylation is 1. The smallest absolute Gasteiger partial charge is 0.325 e. The number of hydrogen-bond acceptors (Lipinski definition) is 2. The Balaban J connectivity index is 2.62. The van der Waals surface area contributed by atoms with Crippen molar-refractivity contribution in [2.75, 3.05) is 5.32 Å². The number of carboxylic acids is 1. The van der Waals surface area contributed by atoms with Crippen molar-refractivity contribution in [2.24, 2.45) is 0 Å². The molecular weight excluding hydrogens is 244 g/mol. The molecule has 3 N–H and O–H groups in total. The summed E-state index contributed by atoms with van der Waals surface area (Å²) in [4.78, 5) is 21.9. The highest BCUT2D eigenvalue weighted by Gasteiger charge is 2.13. The second-order valence-corrected chi connectivity index (χ2v) is 4.03. The topological polar surface area (TPSA) is 78.4 Å². The Morgan fingerprint density at radius 1 is 1.41 bits per heavy atom. The molecule has 1 aromatic carbocycles. The molecule has 6 heteroatoms. The van der Waals surface area contributed by atoms with Gasteiger partial charge in [-0.15, -0.1) is 0 Å². The van der Waals surface area contributed by atoms with Gasteiger partial charge in [0, 0.05) is 10.7 Å². The van der Waals surface area contributed by atoms with Gasteiger partial charge in [0.05, 0.1) is 0 Å². The molecule has 0 saturated heterocycles. The lowest BCUT2D eigenvalue weighted by molar-refractivity contribution is -0.138. The Hall–Kier alpha value is -1.75. The predicted octanol–water partition coefficient (Wildman–Crippen LogP) is 2.24. The number of rotatable bonds is 3. The largest absolute Gasteiger partial charge is 0.480 e. The molecular formula is C11H13ClN2O3. The Morgan fingerprint density at radius 2 is 2.06 bits per heavy atom. The van der Waals surface area contributed by atoms with Crippen LogP contribution in [0, 0.1) is 6.92 Å². The fourth-order valence-corrected chi connectivity index (χ4v) is 1.28. The van der Waals surface area contributed by atoms with Crippen LogP contribution in [-0.2, 0) is 4.79 Å². The Labute approximate surface area is 104 Å². The summed E-state index contributed by atoms with van der Waals surface area (Å²) in [7, 11) is 0. The van der Waals surface area contributed by atoms with E-state index < -0.39 is 18.0 Å². The van der Waals surface area contributed by atoms with Crippen LogP contribution in [0.25, 0.3) is 0 Å². The normalized spacial score (nSPS) is 11.7. The molecule has 0 spiro atoms. The average Bonchev–Trinajstić information content (AvgIpc) is 2.23. The fourth-order valence-electron chi connectivity index (χ4n) is 1.10. The molecule has 5 nitrogen and oxygen atoms in total. The molecule has 0 radical (unpaired) electrons. The number of halogens is 1. The lowest BCUT2D eigenvalue weighted by Crippen LogP contribution is -2.40. The molecule has 2 amide bonds. The minimum absolute atomic E-state index is 0.510. The highest BCUT2D eigenvalue weighted by atomic mass is 35.5. The second-order valence-electron chi connectivity index (χ2n) is 3.62. The van der Waals surface area contributed by atoms with Crippen LogP contribution in [0.2, 0.25) is 5.02 Å². The molecule has 0 aliphatic rings. The summed E-state index contributed by atoms with van der Waals surface area (Å²) in [6, 6.07) is 3.52. The van der Waals surface area contributed by atoms with Crippen molar-refractivity contribution in [3.63, 3.8) is 0 Å². The zero-order valence-electron chi connectivity index (χ0n) is 9.45. The number of carbonyl (C=O) groups excluding carboxylic acids is 1. The van der Waals surface area contributed by atoms with Gasteiger partial charge < -0.3 is 15.7 Å². The first-order valence-corrected chi connectivity index (χ1v) is 5.34. The van der Waals surface area contributed by atoms with E-state index in [9.17, 15) is 9.59 Å². The number of amides is 2. The summed E-state index contributed by atoms with van der Waals surface area (Å²) in [6.45, 7) is 3.22. The zero-order valence-corrected chi connectivity index (χ0v) is 10.2. The van der Waals surface area contributed by atoms with E-state index in [1.807, 2.05) is 6.92 Å². The third-order valence-electron chi connectivity index (χ3n) is 2.15. The monoisotopic (exact) mass is 256 g/mol. The van der Waals surface area contributed by atoms with E-state index in [0.717, 1.165) is 5.56 Å². The molecule has 0 unspecified atom stereocenters. The maximum absolute atomic E-state index is 11.4. The van der Waals surface area contributed by atoms with Crippen LogP contribution in [-0.4, -0.2) is 23.1 Å². The Morgan fingerprint density at radius 3 is 2.59 bits per heavy atom. The summed E-state index contributed by atoms with van der Waals surface area (Å²) in [6.07, 6.45) is 0. The SMILES string of the molecule is Cc1ccc(NC(=O)N[C@H](C)C(=O)O)cc1Cl. The number of carbonyl (C=O) groups is 2. The molecule has 0 saturated carbocycles. The minimum atomic E-state index is -1.10. The van der Waals surface area contributed by atoms with Gasteiger partial charge in [-0.25, -0.2) is 4.79 Å². The maximum Gasteiger partial charge on any atom is 0.325 e. The molecule has 92 valence electrons. The summed E-state index contributed by atoms with van der Waals surface area (Å²) in [5.41, 5.74) is 1.41. The Kier molecular flexibility index (Phi) is 4.34. The third-order valence-corrected chi connectivity index (χ3v) is 2.55. The van der Waals surface area contributed by atoms with E-state index in [0.29, 0.717) is 10.7 Å². The van der Waals surface area contributed by atoms with E-state index in [4.69, 9.17) is 16.7 Å². The second kappa shape index (κ2) is 5.54. The maximum atomic E-state index is 11.4. The van der Waals surface area contributed by atoms with Gasteiger partial charge in [0.15, 0.2) is 0 Å². The molecule has 0 fully saturated rings. The van der Waals surface area contributed by atoms with Gasteiger partial charge >= 0.3 is 12.0 Å². The number of anilines is 1. The zero-order chi connectivity index (χ0) is 13.0. The summed E-state index contributed by atoms with van der Waals surface area (Å²) >= 11 is 5.89. The molecule has 0 heterocycles. The molecule has 1 atom stereocenters. The summed E-state index contributed by atoms with van der Waals surface area (Å²) < 4.78 is 0. The summed E-state index contributed by atoms with van der Waals surface area (Å²) in [5.74, 6) is -1.10. The quantitative estimate of drug-likeness (QED) is 0.776. The van der Waals surface area contributed by atoms with E-state index in [2.05, 4.69) is 10.6 Å². The van der Waals surface area contributed by atoms with Crippen LogP contribution in [0.15, 0.2) is 18.2 Å². The van der Waals surface area contributed by atoms with E-state index in [1.165, 1.54) is 6.92 Å². The Bertz CT molecular complexity index is 448. The van der Waals surface area contributed by atoms with Crippen molar-refractivity contribution < 1.29 is 14.7 Å². The first kappa shape index (κ1) is 13.3. The molecule has 0 aliphatic carbocycles. The number of hydrogen-bond donors (Lipinski definition) is 3. The first-order valence-electron chi connectivity index (χ1n) is 4.96. The van der Waals surface area contributed by atoms with Crippen LogP contribution in [0.4, 0.5) is 10.5 Å². The van der Waals surface area contributed by atoms with E-state index >= 15 is 0 Å². The van der Waals surface area contributed by atoms with Gasteiger partial charge in [-0.1, -0.05) is 17.7 Å². The van der Waals surface area contributed by atoms with Crippen molar-refractivity contribution in [2.45, 2.75) is 19.9 Å². The van der Waals surface area contributed by atoms with Gasteiger partial charge in [-0.3, -0.25) is 4.79 Å². The van der Waals surface area contributed by atoms with Crippen LogP contribution in [0.1, 0.15) is 12.5 Å². The fraction of sp³-hybridized carbons (Fsp3) is 0.273.